The highest BCUT2D eigenvalue weighted by Gasteiger charge is 2.47. The molecule has 2 fully saturated rings. The van der Waals surface area contributed by atoms with Gasteiger partial charge in [-0.25, -0.2) is 0 Å². The molecule has 1 aliphatic heterocycles. The largest absolute Gasteiger partial charge is 0.325 e. The van der Waals surface area contributed by atoms with Gasteiger partial charge in [-0.3, -0.25) is 19.3 Å². The fourth-order valence-corrected chi connectivity index (χ4v) is 5.23. The molecule has 3 amide bonds. The van der Waals surface area contributed by atoms with Gasteiger partial charge >= 0.3 is 0 Å². The molecule has 1 saturated heterocycles. The predicted octanol–water partition coefficient (Wildman–Crippen LogP) is 3.44. The zero-order chi connectivity index (χ0) is 19.3. The number of aryl methyl sites for hydroxylation is 2. The SMILES string of the molecule is O=C(CCN1C(=O)C2CCCCC2C1=O)Nc1ccc2c3c(cccc13)CC2. The summed E-state index contributed by atoms with van der Waals surface area (Å²) in [4.78, 5) is 39.0. The molecule has 5 rings (SSSR count). The standard InChI is InChI=1S/C23H24N2O3/c26-20(12-13-25-22(27)16-5-1-2-6-17(16)23(25)28)24-19-11-10-15-9-8-14-4-3-7-18(19)21(14)15/h3-4,7,10-11,16-17H,1-2,5-6,8-9,12-13H2,(H,24,26). The van der Waals surface area contributed by atoms with Gasteiger partial charge in [-0.1, -0.05) is 37.1 Å². The van der Waals surface area contributed by atoms with Crippen molar-refractivity contribution in [1.82, 2.24) is 4.90 Å². The first kappa shape index (κ1) is 17.4. The summed E-state index contributed by atoms with van der Waals surface area (Å²) in [6, 6.07) is 10.3. The third-order valence-corrected chi connectivity index (χ3v) is 6.65. The number of imide groups is 1. The first-order chi connectivity index (χ1) is 13.6. The monoisotopic (exact) mass is 376 g/mol. The topological polar surface area (TPSA) is 66.5 Å². The molecule has 2 aromatic carbocycles. The minimum absolute atomic E-state index is 0.0761. The number of fused-ring (bicyclic) bond motifs is 1. The highest BCUT2D eigenvalue weighted by Crippen LogP contribution is 2.38. The van der Waals surface area contributed by atoms with Crippen molar-refractivity contribution in [2.75, 3.05) is 11.9 Å². The van der Waals surface area contributed by atoms with Gasteiger partial charge in [0.15, 0.2) is 0 Å². The molecule has 1 heterocycles. The highest BCUT2D eigenvalue weighted by atomic mass is 16.2. The third-order valence-electron chi connectivity index (χ3n) is 6.65. The average Bonchev–Trinajstić information content (AvgIpc) is 3.24. The smallest absolute Gasteiger partial charge is 0.233 e. The van der Waals surface area contributed by atoms with Crippen LogP contribution in [0, 0.1) is 11.8 Å². The molecule has 0 bridgehead atoms. The van der Waals surface area contributed by atoms with E-state index in [2.05, 4.69) is 17.4 Å². The van der Waals surface area contributed by atoms with E-state index >= 15 is 0 Å². The van der Waals surface area contributed by atoms with Crippen molar-refractivity contribution in [2.45, 2.75) is 44.9 Å². The van der Waals surface area contributed by atoms with E-state index in [1.165, 1.54) is 21.4 Å². The van der Waals surface area contributed by atoms with Crippen LogP contribution >= 0.6 is 0 Å². The molecule has 1 saturated carbocycles. The number of carbonyl (C=O) groups is 3. The van der Waals surface area contributed by atoms with Crippen molar-refractivity contribution in [3.05, 3.63) is 41.5 Å². The number of rotatable bonds is 4. The Labute approximate surface area is 164 Å². The number of nitrogens with one attached hydrogen (secondary N) is 1. The zero-order valence-electron chi connectivity index (χ0n) is 15.9. The normalized spacial score (nSPS) is 23.4. The summed E-state index contributed by atoms with van der Waals surface area (Å²) in [5.41, 5.74) is 3.47. The van der Waals surface area contributed by atoms with Crippen LogP contribution in [-0.2, 0) is 27.2 Å². The summed E-state index contributed by atoms with van der Waals surface area (Å²) in [5.74, 6) is -0.614. The van der Waals surface area contributed by atoms with Crippen molar-refractivity contribution in [2.24, 2.45) is 11.8 Å². The molecule has 144 valence electrons. The number of hydrogen-bond donors (Lipinski definition) is 1. The van der Waals surface area contributed by atoms with Crippen LogP contribution in [0.25, 0.3) is 10.8 Å². The van der Waals surface area contributed by atoms with Crippen LogP contribution in [0.15, 0.2) is 30.3 Å². The van der Waals surface area contributed by atoms with Gasteiger partial charge < -0.3 is 5.32 Å². The molecule has 2 aromatic rings. The van der Waals surface area contributed by atoms with Crippen molar-refractivity contribution < 1.29 is 14.4 Å². The number of carbonyl (C=O) groups excluding carboxylic acids is 3. The Morgan fingerprint density at radius 3 is 2.36 bits per heavy atom. The van der Waals surface area contributed by atoms with Crippen molar-refractivity contribution in [3.63, 3.8) is 0 Å². The molecule has 2 aliphatic carbocycles. The summed E-state index contributed by atoms with van der Waals surface area (Å²) in [7, 11) is 0. The Morgan fingerprint density at radius 1 is 0.964 bits per heavy atom. The molecule has 28 heavy (non-hydrogen) atoms. The van der Waals surface area contributed by atoms with E-state index < -0.39 is 0 Å². The molecule has 2 atom stereocenters. The molecule has 5 nitrogen and oxygen atoms in total. The van der Waals surface area contributed by atoms with Crippen molar-refractivity contribution in [1.29, 1.82) is 0 Å². The van der Waals surface area contributed by atoms with E-state index in [1.807, 2.05) is 18.2 Å². The maximum atomic E-state index is 12.6. The summed E-state index contributed by atoms with van der Waals surface area (Å²) in [6.07, 6.45) is 5.87. The summed E-state index contributed by atoms with van der Waals surface area (Å²) in [6.45, 7) is 0.178. The third kappa shape index (κ3) is 2.72. The van der Waals surface area contributed by atoms with E-state index in [1.54, 1.807) is 0 Å². The highest BCUT2D eigenvalue weighted by molar-refractivity contribution is 6.07. The fraction of sp³-hybridized carbons (Fsp3) is 0.435. The Balaban J connectivity index is 1.28. The van der Waals surface area contributed by atoms with Gasteiger partial charge in [0.05, 0.1) is 11.8 Å². The number of anilines is 1. The fourth-order valence-electron chi connectivity index (χ4n) is 5.23. The lowest BCUT2D eigenvalue weighted by molar-refractivity contribution is -0.140. The number of benzene rings is 2. The van der Waals surface area contributed by atoms with Gasteiger partial charge in [0, 0.05) is 24.0 Å². The van der Waals surface area contributed by atoms with Gasteiger partial charge in [-0.05, 0) is 48.3 Å². The number of likely N-dealkylation sites (tertiary alicyclic amines) is 1. The minimum atomic E-state index is -0.158. The Bertz CT molecular complexity index is 963. The molecular weight excluding hydrogens is 352 g/mol. The quantitative estimate of drug-likeness (QED) is 0.831. The lowest BCUT2D eigenvalue weighted by Gasteiger charge is -2.19. The van der Waals surface area contributed by atoms with Gasteiger partial charge in [-0.2, -0.15) is 0 Å². The zero-order valence-corrected chi connectivity index (χ0v) is 15.9. The maximum Gasteiger partial charge on any atom is 0.233 e. The van der Waals surface area contributed by atoms with Crippen LogP contribution in [-0.4, -0.2) is 29.2 Å². The van der Waals surface area contributed by atoms with Crippen LogP contribution in [0.4, 0.5) is 5.69 Å². The first-order valence-electron chi connectivity index (χ1n) is 10.3. The molecular formula is C23H24N2O3. The Hall–Kier alpha value is -2.69. The average molecular weight is 376 g/mol. The van der Waals surface area contributed by atoms with Gasteiger partial charge in [0.1, 0.15) is 0 Å². The van der Waals surface area contributed by atoms with Crippen LogP contribution in [0.3, 0.4) is 0 Å². The number of amides is 3. The first-order valence-corrected chi connectivity index (χ1v) is 10.3. The Kier molecular flexibility index (Phi) is 4.18. The van der Waals surface area contributed by atoms with E-state index in [0.29, 0.717) is 0 Å². The van der Waals surface area contributed by atoms with Crippen molar-refractivity contribution >= 4 is 34.2 Å². The van der Waals surface area contributed by atoms with E-state index in [9.17, 15) is 14.4 Å². The number of nitrogens with zero attached hydrogens (tertiary/aromatic N) is 1. The molecule has 3 aliphatic rings. The maximum absolute atomic E-state index is 12.6. The van der Waals surface area contributed by atoms with E-state index in [4.69, 9.17) is 0 Å². The lowest BCUT2D eigenvalue weighted by atomic mass is 9.81. The van der Waals surface area contributed by atoms with Crippen molar-refractivity contribution in [3.8, 4) is 0 Å². The Morgan fingerprint density at radius 2 is 1.64 bits per heavy atom. The minimum Gasteiger partial charge on any atom is -0.325 e. The lowest BCUT2D eigenvalue weighted by Crippen LogP contribution is -2.34. The predicted molar refractivity (Wildman–Crippen MR) is 107 cm³/mol. The molecule has 0 radical (unpaired) electrons. The summed E-state index contributed by atoms with van der Waals surface area (Å²) in [5, 5.41) is 5.32. The van der Waals surface area contributed by atoms with Crippen LogP contribution < -0.4 is 5.32 Å². The van der Waals surface area contributed by atoms with Gasteiger partial charge in [0.2, 0.25) is 17.7 Å². The second kappa shape index (κ2) is 6.73. The summed E-state index contributed by atoms with van der Waals surface area (Å²) < 4.78 is 0. The van der Waals surface area contributed by atoms with Gasteiger partial charge in [-0.15, -0.1) is 0 Å². The van der Waals surface area contributed by atoms with E-state index in [-0.39, 0.29) is 42.5 Å². The molecule has 5 heteroatoms. The molecule has 2 unspecified atom stereocenters. The number of hydrogen-bond acceptors (Lipinski definition) is 3. The second-order valence-electron chi connectivity index (χ2n) is 8.24. The van der Waals surface area contributed by atoms with Crippen LogP contribution in [0.1, 0.15) is 43.2 Å². The molecule has 0 aromatic heterocycles. The van der Waals surface area contributed by atoms with Gasteiger partial charge in [0.25, 0.3) is 0 Å². The van der Waals surface area contributed by atoms with Crippen LogP contribution in [0.2, 0.25) is 0 Å². The molecule has 1 N–H and O–H groups in total. The molecule has 0 spiro atoms. The second-order valence-corrected chi connectivity index (χ2v) is 8.24. The van der Waals surface area contributed by atoms with Crippen LogP contribution in [0.5, 0.6) is 0 Å². The van der Waals surface area contributed by atoms with E-state index in [0.717, 1.165) is 49.6 Å². The summed E-state index contributed by atoms with van der Waals surface area (Å²) >= 11 is 0.